The van der Waals surface area contributed by atoms with E-state index in [1.54, 1.807) is 24.3 Å². The van der Waals surface area contributed by atoms with Crippen molar-refractivity contribution >= 4 is 39.5 Å². The second-order valence-electron chi connectivity index (χ2n) is 8.32. The van der Waals surface area contributed by atoms with Gasteiger partial charge in [-0.15, -0.1) is 0 Å². The normalized spacial score (nSPS) is 11.9. The standard InChI is InChI=1S/C27H22N4O4/c1-15-8-10-21-19(12-15)20(14-23(29-21)17-6-4-3-5-7-17)26(33)35-16(2)25(32)28-18-9-11-22-24(13-18)31-27(34)30-22/h3-14,16H,1-2H3,(H,28,32)(H2,30,31,34). The highest BCUT2D eigenvalue weighted by molar-refractivity contribution is 6.06. The van der Waals surface area contributed by atoms with Gasteiger partial charge < -0.3 is 20.0 Å². The van der Waals surface area contributed by atoms with Crippen LogP contribution in [0.1, 0.15) is 22.8 Å². The Labute approximate surface area is 200 Å². The van der Waals surface area contributed by atoms with E-state index in [-0.39, 0.29) is 5.69 Å². The Kier molecular flexibility index (Phi) is 5.62. The number of anilines is 1. The van der Waals surface area contributed by atoms with Gasteiger partial charge >= 0.3 is 11.7 Å². The van der Waals surface area contributed by atoms with E-state index in [1.165, 1.54) is 6.92 Å². The number of hydrogen-bond acceptors (Lipinski definition) is 5. The van der Waals surface area contributed by atoms with Crippen LogP contribution in [0.25, 0.3) is 33.2 Å². The van der Waals surface area contributed by atoms with Crippen LogP contribution in [0.5, 0.6) is 0 Å². The van der Waals surface area contributed by atoms with Crippen molar-refractivity contribution in [1.29, 1.82) is 0 Å². The van der Waals surface area contributed by atoms with Crippen LogP contribution in [-0.4, -0.2) is 32.9 Å². The molecular weight excluding hydrogens is 444 g/mol. The zero-order valence-electron chi connectivity index (χ0n) is 19.1. The van der Waals surface area contributed by atoms with Crippen LogP contribution in [0.15, 0.2) is 77.6 Å². The molecule has 0 aliphatic carbocycles. The van der Waals surface area contributed by atoms with E-state index in [2.05, 4.69) is 15.3 Å². The third-order valence-corrected chi connectivity index (χ3v) is 5.69. The van der Waals surface area contributed by atoms with E-state index in [1.807, 2.05) is 55.5 Å². The lowest BCUT2D eigenvalue weighted by atomic mass is 10.0. The number of carbonyl (C=O) groups is 2. The number of benzene rings is 3. The van der Waals surface area contributed by atoms with Gasteiger partial charge in [-0.2, -0.15) is 0 Å². The summed E-state index contributed by atoms with van der Waals surface area (Å²) in [5.74, 6) is -1.11. The van der Waals surface area contributed by atoms with Crippen molar-refractivity contribution < 1.29 is 14.3 Å². The molecule has 0 spiro atoms. The smallest absolute Gasteiger partial charge is 0.339 e. The highest BCUT2D eigenvalue weighted by atomic mass is 16.5. The first-order valence-corrected chi connectivity index (χ1v) is 11.1. The van der Waals surface area contributed by atoms with Crippen LogP contribution in [0.2, 0.25) is 0 Å². The zero-order chi connectivity index (χ0) is 24.5. The number of aryl methyl sites for hydroxylation is 1. The number of carbonyl (C=O) groups excluding carboxylic acids is 2. The summed E-state index contributed by atoms with van der Waals surface area (Å²) in [4.78, 5) is 47.4. The van der Waals surface area contributed by atoms with Gasteiger partial charge in [0.25, 0.3) is 5.91 Å². The molecule has 2 heterocycles. The van der Waals surface area contributed by atoms with Crippen molar-refractivity contribution in [1.82, 2.24) is 15.0 Å². The Balaban J connectivity index is 1.41. The summed E-state index contributed by atoms with van der Waals surface area (Å²) >= 11 is 0. The van der Waals surface area contributed by atoms with Crippen LogP contribution < -0.4 is 11.0 Å². The lowest BCUT2D eigenvalue weighted by Crippen LogP contribution is -2.30. The Hall–Kier alpha value is -4.72. The van der Waals surface area contributed by atoms with Crippen molar-refractivity contribution in [3.05, 3.63) is 94.4 Å². The molecule has 0 bridgehead atoms. The fourth-order valence-electron chi connectivity index (χ4n) is 3.90. The summed E-state index contributed by atoms with van der Waals surface area (Å²) in [6.07, 6.45) is -1.06. The number of imidazole rings is 1. The SMILES string of the molecule is Cc1ccc2nc(-c3ccccc3)cc(C(=O)OC(C)C(=O)Nc3ccc4[nH]c(=O)[nH]c4c3)c2c1. The average Bonchev–Trinajstić information content (AvgIpc) is 3.23. The number of fused-ring (bicyclic) bond motifs is 2. The molecule has 1 amide bonds. The van der Waals surface area contributed by atoms with Crippen molar-refractivity contribution in [3.8, 4) is 11.3 Å². The summed E-state index contributed by atoms with van der Waals surface area (Å²) in [6.45, 7) is 3.45. The van der Waals surface area contributed by atoms with E-state index in [9.17, 15) is 14.4 Å². The van der Waals surface area contributed by atoms with Gasteiger partial charge in [-0.05, 0) is 50.2 Å². The molecule has 0 aliphatic heterocycles. The van der Waals surface area contributed by atoms with Gasteiger partial charge in [0.15, 0.2) is 6.10 Å². The number of H-pyrrole nitrogens is 2. The summed E-state index contributed by atoms with van der Waals surface area (Å²) in [5, 5.41) is 3.38. The number of hydrogen-bond donors (Lipinski definition) is 3. The number of ether oxygens (including phenoxy) is 1. The molecule has 2 aromatic heterocycles. The Morgan fingerprint density at radius 1 is 0.943 bits per heavy atom. The lowest BCUT2D eigenvalue weighted by Gasteiger charge is -2.15. The minimum atomic E-state index is -1.06. The molecule has 174 valence electrons. The minimum absolute atomic E-state index is 0.333. The molecule has 1 unspecified atom stereocenters. The predicted molar refractivity (Wildman–Crippen MR) is 134 cm³/mol. The first kappa shape index (κ1) is 22.1. The topological polar surface area (TPSA) is 117 Å². The minimum Gasteiger partial charge on any atom is -0.449 e. The largest absolute Gasteiger partial charge is 0.449 e. The van der Waals surface area contributed by atoms with E-state index >= 15 is 0 Å². The fourth-order valence-corrected chi connectivity index (χ4v) is 3.90. The summed E-state index contributed by atoms with van der Waals surface area (Å²) in [5.41, 5.74) is 4.81. The third kappa shape index (κ3) is 4.54. The molecule has 3 N–H and O–H groups in total. The van der Waals surface area contributed by atoms with E-state index in [0.717, 1.165) is 11.1 Å². The van der Waals surface area contributed by atoms with Crippen LogP contribution in [0, 0.1) is 6.92 Å². The van der Waals surface area contributed by atoms with Gasteiger partial charge in [0.05, 0.1) is 27.8 Å². The molecule has 5 aromatic rings. The molecule has 35 heavy (non-hydrogen) atoms. The Morgan fingerprint density at radius 3 is 2.51 bits per heavy atom. The van der Waals surface area contributed by atoms with E-state index in [0.29, 0.717) is 38.9 Å². The fraction of sp³-hybridized carbons (Fsp3) is 0.111. The number of nitrogens with zero attached hydrogens (tertiary/aromatic N) is 1. The number of rotatable bonds is 5. The number of esters is 1. The van der Waals surface area contributed by atoms with Crippen LogP contribution in [0.3, 0.4) is 0 Å². The third-order valence-electron chi connectivity index (χ3n) is 5.69. The van der Waals surface area contributed by atoms with Gasteiger partial charge in [-0.3, -0.25) is 4.79 Å². The molecule has 0 aliphatic rings. The number of pyridine rings is 1. The lowest BCUT2D eigenvalue weighted by molar-refractivity contribution is -0.123. The number of amides is 1. The van der Waals surface area contributed by atoms with Crippen molar-refractivity contribution in [2.24, 2.45) is 0 Å². The van der Waals surface area contributed by atoms with Gasteiger partial charge in [-0.25, -0.2) is 14.6 Å². The first-order chi connectivity index (χ1) is 16.9. The molecule has 0 radical (unpaired) electrons. The van der Waals surface area contributed by atoms with Gasteiger partial charge in [-0.1, -0.05) is 42.0 Å². The monoisotopic (exact) mass is 466 g/mol. The van der Waals surface area contributed by atoms with E-state index < -0.39 is 18.0 Å². The molecule has 8 heteroatoms. The summed E-state index contributed by atoms with van der Waals surface area (Å²) in [6, 6.07) is 21.9. The second-order valence-corrected chi connectivity index (χ2v) is 8.32. The summed E-state index contributed by atoms with van der Waals surface area (Å²) in [7, 11) is 0. The van der Waals surface area contributed by atoms with Gasteiger partial charge in [0.1, 0.15) is 0 Å². The van der Waals surface area contributed by atoms with Crippen molar-refractivity contribution in [2.75, 3.05) is 5.32 Å². The van der Waals surface area contributed by atoms with E-state index in [4.69, 9.17) is 9.72 Å². The molecule has 3 aromatic carbocycles. The van der Waals surface area contributed by atoms with Crippen molar-refractivity contribution in [2.45, 2.75) is 20.0 Å². The number of aromatic nitrogens is 3. The van der Waals surface area contributed by atoms with Crippen LogP contribution >= 0.6 is 0 Å². The Bertz CT molecular complexity index is 1640. The first-order valence-electron chi connectivity index (χ1n) is 11.1. The quantitative estimate of drug-likeness (QED) is 0.328. The molecule has 0 saturated heterocycles. The van der Waals surface area contributed by atoms with Crippen LogP contribution in [-0.2, 0) is 9.53 Å². The highest BCUT2D eigenvalue weighted by Gasteiger charge is 2.22. The van der Waals surface area contributed by atoms with Crippen LogP contribution in [0.4, 0.5) is 5.69 Å². The predicted octanol–water partition coefficient (Wildman–Crippen LogP) is 4.56. The molecule has 1 atom stereocenters. The second kappa shape index (κ2) is 8.90. The maximum Gasteiger partial charge on any atom is 0.339 e. The summed E-state index contributed by atoms with van der Waals surface area (Å²) < 4.78 is 5.56. The molecular formula is C27H22N4O4. The molecule has 5 rings (SSSR count). The molecule has 0 saturated carbocycles. The maximum absolute atomic E-state index is 13.2. The van der Waals surface area contributed by atoms with Gasteiger partial charge in [0, 0.05) is 16.6 Å². The van der Waals surface area contributed by atoms with Gasteiger partial charge in [0.2, 0.25) is 0 Å². The van der Waals surface area contributed by atoms with Crippen molar-refractivity contribution in [3.63, 3.8) is 0 Å². The number of aromatic amines is 2. The average molecular weight is 466 g/mol. The zero-order valence-corrected chi connectivity index (χ0v) is 19.1. The highest BCUT2D eigenvalue weighted by Crippen LogP contribution is 2.26. The maximum atomic E-state index is 13.2. The Morgan fingerprint density at radius 2 is 1.71 bits per heavy atom. The molecule has 8 nitrogen and oxygen atoms in total. The number of nitrogens with one attached hydrogen (secondary N) is 3. The molecule has 0 fully saturated rings.